The van der Waals surface area contributed by atoms with E-state index in [0.717, 1.165) is 49.9 Å². The Morgan fingerprint density at radius 1 is 1.26 bits per heavy atom. The lowest BCUT2D eigenvalue weighted by molar-refractivity contribution is -0.127. The summed E-state index contributed by atoms with van der Waals surface area (Å²) in [4.78, 5) is 29.2. The third kappa shape index (κ3) is 5.15. The summed E-state index contributed by atoms with van der Waals surface area (Å²) in [6, 6.07) is 10.3. The first-order chi connectivity index (χ1) is 15.2. The summed E-state index contributed by atoms with van der Waals surface area (Å²) >= 11 is 0. The molecule has 2 aliphatic rings. The lowest BCUT2D eigenvalue weighted by atomic mass is 10.1. The smallest absolute Gasteiger partial charge is 0.272 e. The van der Waals surface area contributed by atoms with E-state index in [2.05, 4.69) is 29.3 Å². The van der Waals surface area contributed by atoms with E-state index in [-0.39, 0.29) is 17.9 Å². The second kappa shape index (κ2) is 10.1. The number of hydrogen-bond acceptors (Lipinski definition) is 4. The van der Waals surface area contributed by atoms with Crippen LogP contribution < -0.4 is 0 Å². The lowest BCUT2D eigenvalue weighted by Gasteiger charge is -2.34. The summed E-state index contributed by atoms with van der Waals surface area (Å²) in [7, 11) is 0. The molecule has 31 heavy (non-hydrogen) atoms. The number of likely N-dealkylation sites (tertiary alicyclic amines) is 1. The Kier molecular flexibility index (Phi) is 7.02. The van der Waals surface area contributed by atoms with Crippen LogP contribution in [0.1, 0.15) is 55.1 Å². The Labute approximate surface area is 183 Å². The zero-order valence-electron chi connectivity index (χ0n) is 18.3. The molecule has 2 aromatic rings. The van der Waals surface area contributed by atoms with Gasteiger partial charge in [0.1, 0.15) is 5.69 Å². The number of aromatic nitrogens is 2. The second-order valence-electron chi connectivity index (χ2n) is 8.40. The molecule has 2 amide bonds. The number of carbonyl (C=O) groups excluding carboxylic acids is 2. The van der Waals surface area contributed by atoms with Crippen molar-refractivity contribution in [1.82, 2.24) is 20.0 Å². The highest BCUT2D eigenvalue weighted by molar-refractivity contribution is 5.93. The fourth-order valence-corrected chi connectivity index (χ4v) is 4.46. The van der Waals surface area contributed by atoms with Crippen molar-refractivity contribution >= 4 is 11.8 Å². The molecule has 0 saturated carbocycles. The van der Waals surface area contributed by atoms with Crippen LogP contribution in [0.15, 0.2) is 30.3 Å². The van der Waals surface area contributed by atoms with Gasteiger partial charge < -0.3 is 14.5 Å². The van der Waals surface area contributed by atoms with E-state index in [1.165, 1.54) is 5.56 Å². The monoisotopic (exact) mass is 424 g/mol. The van der Waals surface area contributed by atoms with E-state index in [0.29, 0.717) is 38.4 Å². The van der Waals surface area contributed by atoms with Crippen LogP contribution in [0, 0.1) is 0 Å². The van der Waals surface area contributed by atoms with Crippen molar-refractivity contribution in [2.45, 2.75) is 51.5 Å². The van der Waals surface area contributed by atoms with E-state index in [1.54, 1.807) is 0 Å². The molecule has 0 spiro atoms. The maximum Gasteiger partial charge on any atom is 0.272 e. The normalized spacial score (nSPS) is 17.3. The van der Waals surface area contributed by atoms with Crippen LogP contribution in [0.4, 0.5) is 0 Å². The van der Waals surface area contributed by atoms with Gasteiger partial charge in [0.2, 0.25) is 5.91 Å². The highest BCUT2D eigenvalue weighted by Crippen LogP contribution is 2.22. The first-order valence-electron chi connectivity index (χ1n) is 11.5. The predicted molar refractivity (Wildman–Crippen MR) is 119 cm³/mol. The first-order valence-corrected chi connectivity index (χ1v) is 11.5. The number of aromatic amines is 1. The van der Waals surface area contributed by atoms with Gasteiger partial charge in [-0.3, -0.25) is 14.7 Å². The third-order valence-electron chi connectivity index (χ3n) is 6.36. The predicted octanol–water partition coefficient (Wildman–Crippen LogP) is 3.27. The van der Waals surface area contributed by atoms with Crippen molar-refractivity contribution in [2.75, 3.05) is 32.8 Å². The van der Waals surface area contributed by atoms with E-state index < -0.39 is 0 Å². The molecule has 7 heteroatoms. The SMILES string of the molecule is CCc1ccc(-c2cc(C(=O)N(CCCN3CCCC3=O)C3CCOCC3)[nH]n2)cc1. The van der Waals surface area contributed by atoms with Gasteiger partial charge in [-0.1, -0.05) is 31.2 Å². The average molecular weight is 425 g/mol. The number of benzene rings is 1. The minimum atomic E-state index is -0.0245. The molecule has 0 radical (unpaired) electrons. The number of aryl methyl sites for hydroxylation is 1. The fraction of sp³-hybridized carbons (Fsp3) is 0.542. The number of nitrogens with one attached hydrogen (secondary N) is 1. The Bertz CT molecular complexity index is 886. The molecule has 166 valence electrons. The molecule has 4 rings (SSSR count). The van der Waals surface area contributed by atoms with E-state index >= 15 is 0 Å². The van der Waals surface area contributed by atoms with Crippen LogP contribution in [0.5, 0.6) is 0 Å². The Hall–Kier alpha value is -2.67. The maximum absolute atomic E-state index is 13.4. The molecule has 1 aromatic heterocycles. The largest absolute Gasteiger partial charge is 0.381 e. The van der Waals surface area contributed by atoms with Gasteiger partial charge in [-0.2, -0.15) is 5.10 Å². The third-order valence-corrected chi connectivity index (χ3v) is 6.36. The number of ether oxygens (including phenoxy) is 1. The van der Waals surface area contributed by atoms with Crippen molar-refractivity contribution in [2.24, 2.45) is 0 Å². The molecule has 2 fully saturated rings. The molecule has 1 N–H and O–H groups in total. The van der Waals surface area contributed by atoms with Gasteiger partial charge in [0.05, 0.1) is 5.69 Å². The molecule has 0 aliphatic carbocycles. The number of hydrogen-bond donors (Lipinski definition) is 1. The zero-order valence-corrected chi connectivity index (χ0v) is 18.3. The van der Waals surface area contributed by atoms with E-state index in [1.807, 2.05) is 28.0 Å². The van der Waals surface area contributed by atoms with Gasteiger partial charge in [-0.25, -0.2) is 0 Å². The summed E-state index contributed by atoms with van der Waals surface area (Å²) in [5.74, 6) is 0.208. The quantitative estimate of drug-likeness (QED) is 0.705. The number of nitrogens with zero attached hydrogens (tertiary/aromatic N) is 3. The van der Waals surface area contributed by atoms with Crippen molar-refractivity contribution in [3.05, 3.63) is 41.6 Å². The summed E-state index contributed by atoms with van der Waals surface area (Å²) < 4.78 is 5.50. The lowest BCUT2D eigenvalue weighted by Crippen LogP contribution is -2.45. The van der Waals surface area contributed by atoms with Gasteiger partial charge in [0.25, 0.3) is 5.91 Å². The van der Waals surface area contributed by atoms with E-state index in [9.17, 15) is 9.59 Å². The molecule has 2 saturated heterocycles. The minimum absolute atomic E-state index is 0.0245. The van der Waals surface area contributed by atoms with Crippen molar-refractivity contribution in [3.63, 3.8) is 0 Å². The maximum atomic E-state index is 13.4. The van der Waals surface area contributed by atoms with Crippen molar-refractivity contribution in [1.29, 1.82) is 0 Å². The Balaban J connectivity index is 1.45. The Morgan fingerprint density at radius 2 is 2.03 bits per heavy atom. The van der Waals surface area contributed by atoms with Gasteiger partial charge in [0, 0.05) is 50.9 Å². The molecular formula is C24H32N4O3. The number of amides is 2. The summed E-state index contributed by atoms with van der Waals surface area (Å²) in [6.45, 7) is 5.67. The van der Waals surface area contributed by atoms with Crippen LogP contribution in [0.2, 0.25) is 0 Å². The second-order valence-corrected chi connectivity index (χ2v) is 8.40. The zero-order chi connectivity index (χ0) is 21.6. The van der Waals surface area contributed by atoms with Crippen LogP contribution in [-0.4, -0.2) is 70.7 Å². The van der Waals surface area contributed by atoms with Gasteiger partial charge in [0.15, 0.2) is 0 Å². The molecular weight excluding hydrogens is 392 g/mol. The van der Waals surface area contributed by atoms with Crippen molar-refractivity contribution in [3.8, 4) is 11.3 Å². The number of H-pyrrole nitrogens is 1. The van der Waals surface area contributed by atoms with Crippen molar-refractivity contribution < 1.29 is 14.3 Å². The fourth-order valence-electron chi connectivity index (χ4n) is 4.46. The minimum Gasteiger partial charge on any atom is -0.381 e. The molecule has 3 heterocycles. The summed E-state index contributed by atoms with van der Waals surface area (Å²) in [6.07, 6.45) is 5.06. The van der Waals surface area contributed by atoms with E-state index in [4.69, 9.17) is 4.74 Å². The van der Waals surface area contributed by atoms with Crippen LogP contribution >= 0.6 is 0 Å². The molecule has 1 aromatic carbocycles. The van der Waals surface area contributed by atoms with Crippen LogP contribution in [0.3, 0.4) is 0 Å². The topological polar surface area (TPSA) is 78.5 Å². The van der Waals surface area contributed by atoms with Gasteiger partial charge >= 0.3 is 0 Å². The molecule has 0 bridgehead atoms. The molecule has 2 aliphatic heterocycles. The van der Waals surface area contributed by atoms with Crippen LogP contribution in [0.25, 0.3) is 11.3 Å². The Morgan fingerprint density at radius 3 is 2.71 bits per heavy atom. The molecule has 0 atom stereocenters. The highest BCUT2D eigenvalue weighted by Gasteiger charge is 2.28. The summed E-state index contributed by atoms with van der Waals surface area (Å²) in [5, 5.41) is 7.35. The standard InChI is InChI=1S/C24H32N4O3/c1-2-18-6-8-19(9-7-18)21-17-22(26-25-21)24(30)28(20-10-15-31-16-11-20)14-4-13-27-12-3-5-23(27)29/h6-9,17,20H,2-5,10-16H2,1H3,(H,25,26). The van der Waals surface area contributed by atoms with Gasteiger partial charge in [-0.05, 0) is 43.7 Å². The number of rotatable bonds is 8. The number of carbonyl (C=O) groups is 2. The van der Waals surface area contributed by atoms with Crippen LogP contribution in [-0.2, 0) is 16.0 Å². The summed E-state index contributed by atoms with van der Waals surface area (Å²) in [5.41, 5.74) is 3.56. The first kappa shape index (κ1) is 21.6. The molecule has 7 nitrogen and oxygen atoms in total. The van der Waals surface area contributed by atoms with Gasteiger partial charge in [-0.15, -0.1) is 0 Å². The average Bonchev–Trinajstić information content (AvgIpc) is 3.46. The highest BCUT2D eigenvalue weighted by atomic mass is 16.5. The molecule has 0 unspecified atom stereocenters.